The molecule has 4 rings (SSSR count). The van der Waals surface area contributed by atoms with Crippen molar-refractivity contribution in [2.75, 3.05) is 12.0 Å². The predicted molar refractivity (Wildman–Crippen MR) is 118 cm³/mol. The van der Waals surface area contributed by atoms with E-state index in [1.165, 1.54) is 19.2 Å². The second kappa shape index (κ2) is 7.77. The minimum Gasteiger partial charge on any atom is -0.496 e. The zero-order valence-electron chi connectivity index (χ0n) is 15.6. The Morgan fingerprint density at radius 3 is 2.57 bits per heavy atom. The van der Waals surface area contributed by atoms with E-state index in [4.69, 9.17) is 17.0 Å². The smallest absolute Gasteiger partial charge is 0.416 e. The molecule has 152 valence electrons. The minimum atomic E-state index is -4.51. The fourth-order valence-electron chi connectivity index (χ4n) is 3.25. The van der Waals surface area contributed by atoms with Gasteiger partial charge in [0.05, 0.1) is 23.3 Å². The molecular formula is C22H14F3NO2S2. The minimum absolute atomic E-state index is 0.0839. The van der Waals surface area contributed by atoms with Crippen molar-refractivity contribution in [1.29, 1.82) is 0 Å². The van der Waals surface area contributed by atoms with Crippen LogP contribution in [0.25, 0.3) is 16.8 Å². The van der Waals surface area contributed by atoms with E-state index < -0.39 is 17.6 Å². The van der Waals surface area contributed by atoms with E-state index in [0.717, 1.165) is 39.6 Å². The zero-order valence-corrected chi connectivity index (χ0v) is 17.2. The molecule has 1 fully saturated rings. The molecule has 0 spiro atoms. The number of hydrogen-bond donors (Lipinski definition) is 0. The van der Waals surface area contributed by atoms with Gasteiger partial charge in [0.2, 0.25) is 0 Å². The molecule has 8 heteroatoms. The van der Waals surface area contributed by atoms with Gasteiger partial charge >= 0.3 is 6.18 Å². The number of thiocarbonyl (C=S) groups is 1. The molecule has 0 radical (unpaired) electrons. The number of carbonyl (C=O) groups excluding carboxylic acids is 1. The van der Waals surface area contributed by atoms with E-state index in [-0.39, 0.29) is 10.0 Å². The summed E-state index contributed by atoms with van der Waals surface area (Å²) in [6, 6.07) is 15.9. The summed E-state index contributed by atoms with van der Waals surface area (Å²) < 4.78 is 44.9. The summed E-state index contributed by atoms with van der Waals surface area (Å²) in [4.78, 5) is 14.5. The third kappa shape index (κ3) is 3.68. The van der Waals surface area contributed by atoms with Crippen molar-refractivity contribution in [3.8, 4) is 5.75 Å². The summed E-state index contributed by atoms with van der Waals surface area (Å²) in [7, 11) is 1.54. The van der Waals surface area contributed by atoms with Crippen LogP contribution in [-0.4, -0.2) is 17.3 Å². The molecule has 1 aliphatic heterocycles. The Bertz CT molecular complexity index is 1200. The van der Waals surface area contributed by atoms with Crippen molar-refractivity contribution in [2.45, 2.75) is 6.18 Å². The molecule has 0 aromatic heterocycles. The Balaban J connectivity index is 1.78. The van der Waals surface area contributed by atoms with Gasteiger partial charge in [-0.25, -0.2) is 0 Å². The van der Waals surface area contributed by atoms with Gasteiger partial charge in [-0.15, -0.1) is 0 Å². The fraction of sp³-hybridized carbons (Fsp3) is 0.0909. The van der Waals surface area contributed by atoms with Gasteiger partial charge in [0, 0.05) is 5.56 Å². The van der Waals surface area contributed by atoms with Gasteiger partial charge in [0.15, 0.2) is 4.32 Å². The van der Waals surface area contributed by atoms with Crippen molar-refractivity contribution in [3.63, 3.8) is 0 Å². The molecule has 1 heterocycles. The maximum absolute atomic E-state index is 13.1. The fourth-order valence-corrected chi connectivity index (χ4v) is 4.53. The SMILES string of the molecule is COc1ccc2ccccc2c1/C=C1\SC(=S)N(c2cccc(C(F)(F)F)c2)C1=O. The Morgan fingerprint density at radius 1 is 1.07 bits per heavy atom. The van der Waals surface area contributed by atoms with Gasteiger partial charge in [-0.2, -0.15) is 13.2 Å². The van der Waals surface area contributed by atoms with Crippen molar-refractivity contribution in [2.24, 2.45) is 0 Å². The molecule has 3 aromatic rings. The van der Waals surface area contributed by atoms with Crippen LogP contribution < -0.4 is 9.64 Å². The average Bonchev–Trinajstić information content (AvgIpc) is 3.00. The number of thioether (sulfide) groups is 1. The van der Waals surface area contributed by atoms with E-state index >= 15 is 0 Å². The molecule has 0 atom stereocenters. The van der Waals surface area contributed by atoms with Gasteiger partial charge in [0.25, 0.3) is 5.91 Å². The Labute approximate surface area is 180 Å². The maximum Gasteiger partial charge on any atom is 0.416 e. The van der Waals surface area contributed by atoms with Crippen LogP contribution in [0.1, 0.15) is 11.1 Å². The lowest BCUT2D eigenvalue weighted by Crippen LogP contribution is -2.27. The van der Waals surface area contributed by atoms with Gasteiger partial charge in [-0.05, 0) is 41.1 Å². The van der Waals surface area contributed by atoms with Crippen LogP contribution in [0.4, 0.5) is 18.9 Å². The number of amides is 1. The number of carbonyl (C=O) groups is 1. The van der Waals surface area contributed by atoms with Gasteiger partial charge in [0.1, 0.15) is 5.75 Å². The average molecular weight is 445 g/mol. The number of anilines is 1. The molecule has 0 saturated carbocycles. The van der Waals surface area contributed by atoms with Crippen LogP contribution in [0.2, 0.25) is 0 Å². The van der Waals surface area contributed by atoms with E-state index in [9.17, 15) is 18.0 Å². The second-order valence-corrected chi connectivity index (χ2v) is 8.14. The molecule has 1 aliphatic rings. The summed E-state index contributed by atoms with van der Waals surface area (Å²) in [5.74, 6) is 0.109. The topological polar surface area (TPSA) is 29.5 Å². The Kier molecular flexibility index (Phi) is 5.29. The molecular weight excluding hydrogens is 431 g/mol. The van der Waals surface area contributed by atoms with Crippen LogP contribution in [0.3, 0.4) is 0 Å². The van der Waals surface area contributed by atoms with E-state index in [0.29, 0.717) is 16.2 Å². The molecule has 3 nitrogen and oxygen atoms in total. The first-order valence-corrected chi connectivity index (χ1v) is 10.0. The highest BCUT2D eigenvalue weighted by Crippen LogP contribution is 2.40. The molecule has 0 aliphatic carbocycles. The first-order chi connectivity index (χ1) is 14.3. The first kappa shape index (κ1) is 20.4. The van der Waals surface area contributed by atoms with Crippen molar-refractivity contribution in [1.82, 2.24) is 0 Å². The number of rotatable bonds is 3. The van der Waals surface area contributed by atoms with E-state index in [1.807, 2.05) is 36.4 Å². The number of halogens is 3. The number of methoxy groups -OCH3 is 1. The van der Waals surface area contributed by atoms with E-state index in [1.54, 1.807) is 6.08 Å². The summed E-state index contributed by atoms with van der Waals surface area (Å²) in [6.45, 7) is 0. The summed E-state index contributed by atoms with van der Waals surface area (Å²) in [6.07, 6.45) is -2.84. The summed E-state index contributed by atoms with van der Waals surface area (Å²) in [5.41, 5.74) is -0.0468. The third-order valence-corrected chi connectivity index (χ3v) is 5.95. The standard InChI is InChI=1S/C22H14F3NO2S2/c1-28-18-10-9-13-5-2-3-8-16(13)17(18)12-19-20(27)26(21(29)30-19)15-7-4-6-14(11-15)22(23,24)25/h2-12H,1H3/b19-12-. The largest absolute Gasteiger partial charge is 0.496 e. The first-order valence-electron chi connectivity index (χ1n) is 8.80. The zero-order chi connectivity index (χ0) is 21.5. The van der Waals surface area contributed by atoms with Gasteiger partial charge in [-0.1, -0.05) is 60.4 Å². The lowest BCUT2D eigenvalue weighted by molar-refractivity contribution is -0.137. The van der Waals surface area contributed by atoms with Crippen LogP contribution in [-0.2, 0) is 11.0 Å². The third-order valence-electron chi connectivity index (χ3n) is 4.65. The number of fused-ring (bicyclic) bond motifs is 1. The van der Waals surface area contributed by atoms with E-state index in [2.05, 4.69) is 0 Å². The number of benzene rings is 3. The molecule has 1 saturated heterocycles. The molecule has 30 heavy (non-hydrogen) atoms. The van der Waals surface area contributed by atoms with Crippen LogP contribution in [0.15, 0.2) is 65.6 Å². The number of hydrogen-bond acceptors (Lipinski definition) is 4. The van der Waals surface area contributed by atoms with Crippen molar-refractivity contribution < 1.29 is 22.7 Å². The second-order valence-electron chi connectivity index (χ2n) is 6.47. The quantitative estimate of drug-likeness (QED) is 0.351. The molecule has 0 unspecified atom stereocenters. The van der Waals surface area contributed by atoms with Crippen LogP contribution in [0, 0.1) is 0 Å². The lowest BCUT2D eigenvalue weighted by atomic mass is 10.0. The highest BCUT2D eigenvalue weighted by molar-refractivity contribution is 8.27. The summed E-state index contributed by atoms with van der Waals surface area (Å²) in [5, 5.41) is 1.86. The normalized spacial score (nSPS) is 16.0. The van der Waals surface area contributed by atoms with Crippen molar-refractivity contribution >= 4 is 56.7 Å². The van der Waals surface area contributed by atoms with Gasteiger partial charge < -0.3 is 4.74 Å². The Hall–Kier alpha value is -2.84. The molecule has 0 N–H and O–H groups in total. The highest BCUT2D eigenvalue weighted by atomic mass is 32.2. The highest BCUT2D eigenvalue weighted by Gasteiger charge is 2.36. The van der Waals surface area contributed by atoms with Crippen LogP contribution >= 0.6 is 24.0 Å². The molecule has 0 bridgehead atoms. The maximum atomic E-state index is 13.1. The monoisotopic (exact) mass is 445 g/mol. The van der Waals surface area contributed by atoms with Crippen LogP contribution in [0.5, 0.6) is 5.75 Å². The molecule has 1 amide bonds. The summed E-state index contributed by atoms with van der Waals surface area (Å²) >= 11 is 6.35. The number of ether oxygens (including phenoxy) is 1. The predicted octanol–water partition coefficient (Wildman–Crippen LogP) is 6.27. The number of alkyl halides is 3. The Morgan fingerprint density at radius 2 is 1.83 bits per heavy atom. The lowest BCUT2D eigenvalue weighted by Gasteiger charge is -2.16. The molecule has 3 aromatic carbocycles. The van der Waals surface area contributed by atoms with Gasteiger partial charge in [-0.3, -0.25) is 9.69 Å². The van der Waals surface area contributed by atoms with Crippen molar-refractivity contribution in [3.05, 3.63) is 76.7 Å². The number of nitrogens with zero attached hydrogens (tertiary/aromatic N) is 1.